The highest BCUT2D eigenvalue weighted by Crippen LogP contribution is 2.34. The summed E-state index contributed by atoms with van der Waals surface area (Å²) in [4.78, 5) is 28.7. The molecule has 0 aliphatic carbocycles. The number of aromatic nitrogens is 2. The summed E-state index contributed by atoms with van der Waals surface area (Å²) >= 11 is 0. The molecule has 3 aromatic carbocycles. The van der Waals surface area contributed by atoms with Crippen molar-refractivity contribution in [3.63, 3.8) is 0 Å². The summed E-state index contributed by atoms with van der Waals surface area (Å²) in [6.07, 6.45) is 1.33. The molecule has 0 saturated heterocycles. The van der Waals surface area contributed by atoms with Gasteiger partial charge in [-0.3, -0.25) is 14.9 Å². The zero-order valence-corrected chi connectivity index (χ0v) is 19.7. The Morgan fingerprint density at radius 3 is 2.60 bits per heavy atom. The number of rotatable bonds is 6. The topological polar surface area (TPSA) is 120 Å². The van der Waals surface area contributed by atoms with E-state index in [4.69, 9.17) is 9.72 Å². The molecule has 9 nitrogen and oxygen atoms in total. The van der Waals surface area contributed by atoms with Gasteiger partial charge < -0.3 is 9.84 Å². The lowest BCUT2D eigenvalue weighted by atomic mass is 9.96. The number of nitro benzene ring substituents is 1. The van der Waals surface area contributed by atoms with Crippen LogP contribution in [-0.4, -0.2) is 33.0 Å². The second kappa shape index (κ2) is 9.38. The van der Waals surface area contributed by atoms with Crippen LogP contribution < -0.4 is 10.3 Å². The first-order chi connectivity index (χ1) is 16.7. The van der Waals surface area contributed by atoms with Gasteiger partial charge in [0.2, 0.25) is 0 Å². The molecule has 1 heterocycles. The number of nitro groups is 1. The third-order valence-corrected chi connectivity index (χ3v) is 5.71. The molecule has 9 heteroatoms. The number of hydrogen-bond donors (Lipinski definition) is 1. The molecule has 0 spiro atoms. The van der Waals surface area contributed by atoms with Crippen LogP contribution in [0.3, 0.4) is 0 Å². The van der Waals surface area contributed by atoms with Gasteiger partial charge in [-0.15, -0.1) is 0 Å². The molecule has 0 amide bonds. The van der Waals surface area contributed by atoms with E-state index < -0.39 is 16.4 Å². The van der Waals surface area contributed by atoms with Gasteiger partial charge in [-0.05, 0) is 60.4 Å². The average molecular weight is 473 g/mol. The lowest BCUT2D eigenvalue weighted by Gasteiger charge is -2.17. The average Bonchev–Trinajstić information content (AvgIpc) is 2.83. The van der Waals surface area contributed by atoms with Crippen LogP contribution in [0.25, 0.3) is 22.3 Å². The predicted octanol–water partition coefficient (Wildman–Crippen LogP) is 5.00. The molecule has 0 atom stereocenters. The highest BCUT2D eigenvalue weighted by atomic mass is 16.6. The fourth-order valence-electron chi connectivity index (χ4n) is 3.86. The van der Waals surface area contributed by atoms with E-state index in [1.807, 2.05) is 39.0 Å². The van der Waals surface area contributed by atoms with Crippen molar-refractivity contribution in [1.82, 2.24) is 9.66 Å². The molecule has 0 saturated carbocycles. The van der Waals surface area contributed by atoms with Crippen molar-refractivity contribution in [3.8, 4) is 22.9 Å². The second-order valence-corrected chi connectivity index (χ2v) is 8.38. The lowest BCUT2D eigenvalue weighted by Crippen LogP contribution is -2.20. The first-order valence-corrected chi connectivity index (χ1v) is 10.9. The van der Waals surface area contributed by atoms with E-state index >= 15 is 0 Å². The minimum absolute atomic E-state index is 0.158. The molecule has 0 fully saturated rings. The van der Waals surface area contributed by atoms with E-state index in [-0.39, 0.29) is 11.5 Å². The number of nitrogens with zero attached hydrogens (tertiary/aromatic N) is 4. The van der Waals surface area contributed by atoms with Crippen molar-refractivity contribution >= 4 is 22.8 Å². The fraction of sp³-hybridized carbons (Fsp3) is 0.192. The van der Waals surface area contributed by atoms with Gasteiger partial charge >= 0.3 is 5.69 Å². The smallest absolute Gasteiger partial charge is 0.311 e. The summed E-state index contributed by atoms with van der Waals surface area (Å²) in [5.41, 5.74) is 2.56. The molecule has 4 aromatic rings. The number of phenolic OH excluding ortho intramolecular Hbond substituents is 1. The quantitative estimate of drug-likeness (QED) is 0.240. The molecule has 0 radical (unpaired) electrons. The minimum atomic E-state index is -0.685. The molecule has 1 aromatic heterocycles. The number of hydrogen-bond acceptors (Lipinski definition) is 7. The summed E-state index contributed by atoms with van der Waals surface area (Å²) in [7, 11) is 1.62. The number of fused-ring (bicyclic) bond motifs is 1. The Balaban J connectivity index is 1.97. The number of benzene rings is 3. The molecule has 0 unspecified atom stereocenters. The van der Waals surface area contributed by atoms with E-state index in [0.29, 0.717) is 27.9 Å². The van der Waals surface area contributed by atoms with E-state index in [0.717, 1.165) is 16.9 Å². The number of methoxy groups -OCH3 is 1. The van der Waals surface area contributed by atoms with Gasteiger partial charge in [-0.1, -0.05) is 26.0 Å². The second-order valence-electron chi connectivity index (χ2n) is 8.38. The Kier molecular flexibility index (Phi) is 6.33. The highest BCUT2D eigenvalue weighted by Gasteiger charge is 2.18. The first-order valence-electron chi connectivity index (χ1n) is 10.9. The number of ether oxygens (including phenoxy) is 1. The summed E-state index contributed by atoms with van der Waals surface area (Å²) < 4.78 is 6.75. The number of aromatic hydroxyl groups is 1. The van der Waals surface area contributed by atoms with Crippen molar-refractivity contribution in [2.24, 2.45) is 5.10 Å². The summed E-state index contributed by atoms with van der Waals surface area (Å²) in [5, 5.41) is 25.7. The van der Waals surface area contributed by atoms with Crippen molar-refractivity contribution in [2.75, 3.05) is 7.11 Å². The molecule has 0 bridgehead atoms. The molecule has 35 heavy (non-hydrogen) atoms. The molecule has 1 N–H and O–H groups in total. The monoisotopic (exact) mass is 472 g/mol. The first kappa shape index (κ1) is 23.6. The van der Waals surface area contributed by atoms with Crippen LogP contribution in [0, 0.1) is 17.0 Å². The van der Waals surface area contributed by atoms with E-state index in [2.05, 4.69) is 5.10 Å². The van der Waals surface area contributed by atoms with E-state index in [1.54, 1.807) is 25.3 Å². The van der Waals surface area contributed by atoms with E-state index in [1.165, 1.54) is 29.1 Å². The van der Waals surface area contributed by atoms with Crippen molar-refractivity contribution in [1.29, 1.82) is 0 Å². The highest BCUT2D eigenvalue weighted by molar-refractivity contribution is 5.83. The van der Waals surface area contributed by atoms with E-state index in [9.17, 15) is 20.0 Å². The van der Waals surface area contributed by atoms with Crippen LogP contribution in [0.5, 0.6) is 11.5 Å². The van der Waals surface area contributed by atoms with Crippen molar-refractivity contribution in [2.45, 2.75) is 26.7 Å². The zero-order chi connectivity index (χ0) is 25.3. The van der Waals surface area contributed by atoms with Gasteiger partial charge in [0.1, 0.15) is 5.75 Å². The van der Waals surface area contributed by atoms with Crippen LogP contribution in [0.1, 0.15) is 36.5 Å². The normalized spacial score (nSPS) is 11.5. The molecular formula is C26H24N4O5. The number of aryl methyl sites for hydroxylation is 1. The SMILES string of the molecule is COc1cc(C)c(-c2nc3ccccc3c(=O)n2N=Cc2ccc(O)c([N+](=O)[O-])c2)cc1C(C)C. The summed E-state index contributed by atoms with van der Waals surface area (Å²) in [6.45, 7) is 6.00. The Hall–Kier alpha value is -4.53. The van der Waals surface area contributed by atoms with Crippen LogP contribution >= 0.6 is 0 Å². The third kappa shape index (κ3) is 4.48. The third-order valence-electron chi connectivity index (χ3n) is 5.71. The van der Waals surface area contributed by atoms with Crippen LogP contribution in [0.15, 0.2) is 64.5 Å². The molecule has 0 aliphatic rings. The van der Waals surface area contributed by atoms with Crippen molar-refractivity contribution < 1.29 is 14.8 Å². The Morgan fingerprint density at radius 1 is 1.17 bits per heavy atom. The van der Waals surface area contributed by atoms with Gasteiger partial charge in [0, 0.05) is 17.2 Å². The van der Waals surface area contributed by atoms with Crippen LogP contribution in [-0.2, 0) is 0 Å². The molecule has 0 aliphatic heterocycles. The van der Waals surface area contributed by atoms with Gasteiger partial charge in [-0.2, -0.15) is 9.78 Å². The van der Waals surface area contributed by atoms with Crippen LogP contribution in [0.4, 0.5) is 5.69 Å². The zero-order valence-electron chi connectivity index (χ0n) is 19.7. The maximum Gasteiger partial charge on any atom is 0.311 e. The standard InChI is InChI=1S/C26H24N4O5/c1-15(2)19-13-20(16(3)11-24(19)35-4)25-28-21-8-6-5-7-18(21)26(32)29(25)27-14-17-9-10-23(31)22(12-17)30(33)34/h5-15,31H,1-4H3. The summed E-state index contributed by atoms with van der Waals surface area (Å²) in [5.74, 6) is 0.787. The Morgan fingerprint density at radius 2 is 1.91 bits per heavy atom. The molecule has 178 valence electrons. The summed E-state index contributed by atoms with van der Waals surface area (Å²) in [6, 6.07) is 14.7. The fourth-order valence-corrected chi connectivity index (χ4v) is 3.86. The molecule has 4 rings (SSSR count). The lowest BCUT2D eigenvalue weighted by molar-refractivity contribution is -0.385. The van der Waals surface area contributed by atoms with Gasteiger partial charge in [0.25, 0.3) is 5.56 Å². The van der Waals surface area contributed by atoms with Gasteiger partial charge in [0.05, 0.1) is 29.2 Å². The Bertz CT molecular complexity index is 1540. The van der Waals surface area contributed by atoms with Gasteiger partial charge in [-0.25, -0.2) is 4.98 Å². The maximum absolute atomic E-state index is 13.5. The predicted molar refractivity (Wildman–Crippen MR) is 135 cm³/mol. The maximum atomic E-state index is 13.5. The number of phenols is 1. The van der Waals surface area contributed by atoms with Crippen molar-refractivity contribution in [3.05, 3.63) is 91.8 Å². The largest absolute Gasteiger partial charge is 0.502 e. The minimum Gasteiger partial charge on any atom is -0.502 e. The van der Waals surface area contributed by atoms with Gasteiger partial charge in [0.15, 0.2) is 11.6 Å². The number of para-hydroxylation sites is 1. The Labute approximate surface area is 201 Å². The van der Waals surface area contributed by atoms with Crippen LogP contribution in [0.2, 0.25) is 0 Å². The molecular weight excluding hydrogens is 448 g/mol.